The summed E-state index contributed by atoms with van der Waals surface area (Å²) in [5, 5.41) is 8.18. The van der Waals surface area contributed by atoms with Crippen LogP contribution in [-0.2, 0) is 15.0 Å². The fourth-order valence-electron chi connectivity index (χ4n) is 2.58. The van der Waals surface area contributed by atoms with Crippen LogP contribution >= 0.6 is 0 Å². The molecule has 148 valence electrons. The Morgan fingerprint density at radius 3 is 1.96 bits per heavy atom. The number of para-hydroxylation sites is 2. The van der Waals surface area contributed by atoms with Crippen molar-refractivity contribution in [2.75, 3.05) is 17.2 Å². The molecule has 0 heterocycles. The van der Waals surface area contributed by atoms with E-state index in [1.807, 2.05) is 12.1 Å². The Balaban J connectivity index is 2.05. The topological polar surface area (TPSA) is 87.3 Å². The highest BCUT2D eigenvalue weighted by Gasteiger charge is 2.15. The largest absolute Gasteiger partial charge is 0.356 e. The monoisotopic (exact) mass is 381 g/mol. The Labute approximate surface area is 165 Å². The molecule has 0 saturated heterocycles. The van der Waals surface area contributed by atoms with Gasteiger partial charge in [0.25, 0.3) is 5.91 Å². The fraction of sp³-hybridized carbons (Fsp3) is 0.318. The van der Waals surface area contributed by atoms with Gasteiger partial charge in [-0.15, -0.1) is 0 Å². The van der Waals surface area contributed by atoms with E-state index in [1.54, 1.807) is 36.4 Å². The minimum Gasteiger partial charge on any atom is -0.356 e. The zero-order valence-electron chi connectivity index (χ0n) is 16.8. The van der Waals surface area contributed by atoms with E-state index < -0.39 is 0 Å². The molecule has 0 bridgehead atoms. The number of anilines is 2. The van der Waals surface area contributed by atoms with Crippen molar-refractivity contribution in [2.45, 2.75) is 39.5 Å². The third-order valence-corrected chi connectivity index (χ3v) is 4.19. The second-order valence-electron chi connectivity index (χ2n) is 7.61. The van der Waals surface area contributed by atoms with Crippen LogP contribution in [0.3, 0.4) is 0 Å². The molecule has 6 heteroatoms. The number of hydrogen-bond acceptors (Lipinski definition) is 3. The lowest BCUT2D eigenvalue weighted by molar-refractivity contribution is -0.119. The van der Waals surface area contributed by atoms with Crippen molar-refractivity contribution in [1.29, 1.82) is 0 Å². The molecule has 0 spiro atoms. The molecule has 0 fully saturated rings. The third kappa shape index (κ3) is 6.23. The molecule has 2 aromatic rings. The number of carbonyl (C=O) groups excluding carboxylic acids is 3. The second kappa shape index (κ2) is 9.17. The minimum atomic E-state index is -0.250. The van der Waals surface area contributed by atoms with Gasteiger partial charge in [-0.05, 0) is 35.2 Å². The van der Waals surface area contributed by atoms with Crippen molar-refractivity contribution in [3.63, 3.8) is 0 Å². The highest BCUT2D eigenvalue weighted by molar-refractivity contribution is 6.07. The van der Waals surface area contributed by atoms with Crippen LogP contribution in [0.4, 0.5) is 11.4 Å². The second-order valence-corrected chi connectivity index (χ2v) is 7.61. The summed E-state index contributed by atoms with van der Waals surface area (Å²) in [4.78, 5) is 35.5. The van der Waals surface area contributed by atoms with E-state index in [0.717, 1.165) is 5.56 Å². The van der Waals surface area contributed by atoms with Gasteiger partial charge in [-0.3, -0.25) is 14.4 Å². The lowest BCUT2D eigenvalue weighted by Crippen LogP contribution is -2.25. The minimum absolute atomic E-state index is 0.0170. The predicted octanol–water partition coefficient (Wildman–Crippen LogP) is 3.70. The van der Waals surface area contributed by atoms with E-state index in [4.69, 9.17) is 0 Å². The van der Waals surface area contributed by atoms with Gasteiger partial charge in [0, 0.05) is 25.5 Å². The highest BCUT2D eigenvalue weighted by atomic mass is 16.2. The summed E-state index contributed by atoms with van der Waals surface area (Å²) in [6.45, 7) is 8.01. The zero-order valence-corrected chi connectivity index (χ0v) is 16.8. The first kappa shape index (κ1) is 21.2. The Morgan fingerprint density at radius 2 is 1.43 bits per heavy atom. The molecule has 3 N–H and O–H groups in total. The molecule has 0 saturated carbocycles. The van der Waals surface area contributed by atoms with Gasteiger partial charge in [-0.2, -0.15) is 0 Å². The van der Waals surface area contributed by atoms with Gasteiger partial charge in [0.2, 0.25) is 11.8 Å². The van der Waals surface area contributed by atoms with Gasteiger partial charge >= 0.3 is 0 Å². The average Bonchev–Trinajstić information content (AvgIpc) is 2.62. The lowest BCUT2D eigenvalue weighted by Gasteiger charge is -2.19. The number of amides is 3. The van der Waals surface area contributed by atoms with Crippen LogP contribution in [0.25, 0.3) is 0 Å². The summed E-state index contributed by atoms with van der Waals surface area (Å²) in [6.07, 6.45) is 0.149. The van der Waals surface area contributed by atoms with Crippen LogP contribution < -0.4 is 16.0 Å². The first-order valence-electron chi connectivity index (χ1n) is 9.22. The first-order valence-corrected chi connectivity index (χ1v) is 9.22. The summed E-state index contributed by atoms with van der Waals surface area (Å²) < 4.78 is 0. The number of carbonyl (C=O) groups is 3. The molecule has 3 amide bonds. The summed E-state index contributed by atoms with van der Waals surface area (Å²) in [7, 11) is 0. The summed E-state index contributed by atoms with van der Waals surface area (Å²) in [5.74, 6) is -0.677. The Hall–Kier alpha value is -3.15. The van der Waals surface area contributed by atoms with E-state index in [9.17, 15) is 14.4 Å². The van der Waals surface area contributed by atoms with Crippen molar-refractivity contribution in [3.05, 3.63) is 59.7 Å². The van der Waals surface area contributed by atoms with Gasteiger partial charge in [0.15, 0.2) is 0 Å². The molecule has 28 heavy (non-hydrogen) atoms. The molecule has 0 unspecified atom stereocenters. The number of nitrogens with one attached hydrogen (secondary N) is 3. The Bertz CT molecular complexity index is 852. The van der Waals surface area contributed by atoms with Gasteiger partial charge < -0.3 is 16.0 Å². The Morgan fingerprint density at radius 1 is 0.857 bits per heavy atom. The third-order valence-electron chi connectivity index (χ3n) is 4.19. The smallest absolute Gasteiger partial charge is 0.255 e. The molecule has 0 radical (unpaired) electrons. The van der Waals surface area contributed by atoms with Crippen LogP contribution in [-0.4, -0.2) is 24.3 Å². The summed E-state index contributed by atoms with van der Waals surface area (Å²) >= 11 is 0. The van der Waals surface area contributed by atoms with Crippen molar-refractivity contribution in [2.24, 2.45) is 0 Å². The molecule has 0 aromatic heterocycles. The molecular formula is C22H27N3O3. The van der Waals surface area contributed by atoms with E-state index in [-0.39, 0.29) is 36.1 Å². The first-order chi connectivity index (χ1) is 13.2. The van der Waals surface area contributed by atoms with Gasteiger partial charge in [0.05, 0.1) is 11.4 Å². The molecular weight excluding hydrogens is 354 g/mol. The van der Waals surface area contributed by atoms with E-state index in [1.165, 1.54) is 6.92 Å². The van der Waals surface area contributed by atoms with Crippen LogP contribution in [0.5, 0.6) is 0 Å². The number of rotatable bonds is 6. The van der Waals surface area contributed by atoms with E-state index in [2.05, 4.69) is 36.7 Å². The Kier molecular flexibility index (Phi) is 6.93. The highest BCUT2D eigenvalue weighted by Crippen LogP contribution is 2.24. The number of benzene rings is 2. The van der Waals surface area contributed by atoms with Crippen molar-refractivity contribution >= 4 is 29.1 Å². The van der Waals surface area contributed by atoms with E-state index in [0.29, 0.717) is 16.9 Å². The normalized spacial score (nSPS) is 10.9. The molecule has 0 aliphatic heterocycles. The molecule has 6 nitrogen and oxygen atoms in total. The van der Waals surface area contributed by atoms with Crippen LogP contribution in [0.2, 0.25) is 0 Å². The zero-order chi connectivity index (χ0) is 20.7. The van der Waals surface area contributed by atoms with Crippen LogP contribution in [0, 0.1) is 0 Å². The van der Waals surface area contributed by atoms with Gasteiger partial charge in [-0.25, -0.2) is 0 Å². The van der Waals surface area contributed by atoms with Gasteiger partial charge in [0.1, 0.15) is 0 Å². The average molecular weight is 381 g/mol. The molecule has 0 aliphatic carbocycles. The van der Waals surface area contributed by atoms with Crippen LogP contribution in [0.15, 0.2) is 48.5 Å². The maximum absolute atomic E-state index is 12.6. The van der Waals surface area contributed by atoms with Gasteiger partial charge in [-0.1, -0.05) is 45.0 Å². The van der Waals surface area contributed by atoms with Crippen molar-refractivity contribution in [1.82, 2.24) is 5.32 Å². The summed E-state index contributed by atoms with van der Waals surface area (Å²) in [5.41, 5.74) is 2.73. The SMILES string of the molecule is CC(=O)NCCC(=O)Nc1ccccc1NC(=O)c1ccc(C(C)(C)C)cc1. The lowest BCUT2D eigenvalue weighted by atomic mass is 9.87. The maximum atomic E-state index is 12.6. The summed E-state index contributed by atoms with van der Waals surface area (Å²) in [6, 6.07) is 14.5. The quantitative estimate of drug-likeness (QED) is 0.713. The molecule has 2 aromatic carbocycles. The molecule has 0 atom stereocenters. The maximum Gasteiger partial charge on any atom is 0.255 e. The van der Waals surface area contributed by atoms with Crippen LogP contribution in [0.1, 0.15) is 50.0 Å². The molecule has 2 rings (SSSR count). The molecule has 0 aliphatic rings. The van der Waals surface area contributed by atoms with Crippen molar-refractivity contribution in [3.8, 4) is 0 Å². The fourth-order valence-corrected chi connectivity index (χ4v) is 2.58. The predicted molar refractivity (Wildman–Crippen MR) is 111 cm³/mol. The standard InChI is InChI=1S/C22H27N3O3/c1-15(26)23-14-13-20(27)24-18-7-5-6-8-19(18)25-21(28)16-9-11-17(12-10-16)22(2,3)4/h5-12H,13-14H2,1-4H3,(H,23,26)(H,24,27)(H,25,28). The van der Waals surface area contributed by atoms with Crippen molar-refractivity contribution < 1.29 is 14.4 Å². The van der Waals surface area contributed by atoms with E-state index >= 15 is 0 Å². The number of hydrogen-bond donors (Lipinski definition) is 3.